The van der Waals surface area contributed by atoms with Gasteiger partial charge in [0.15, 0.2) is 0 Å². The van der Waals surface area contributed by atoms with Crippen molar-refractivity contribution in [1.82, 2.24) is 10.2 Å². The minimum Gasteiger partial charge on any atom is -0.396 e. The predicted molar refractivity (Wildman–Crippen MR) is 124 cm³/mol. The van der Waals surface area contributed by atoms with Gasteiger partial charge in [-0.05, 0) is 56.2 Å². The van der Waals surface area contributed by atoms with Gasteiger partial charge in [0.05, 0.1) is 11.8 Å². The molecule has 3 N–H and O–H groups in total. The SMILES string of the molecule is CNC(=O)[C@H]1[C@H]2C(=O)N(CCCCCO)[C@H](C(=O)Nc3cc(C)ccc3C)[C@H]2C=C[C@H]1C. The molecule has 1 aromatic rings. The maximum atomic E-state index is 13.6. The fraction of sp³-hybridized carbons (Fsp3) is 0.560. The maximum Gasteiger partial charge on any atom is 0.247 e. The van der Waals surface area contributed by atoms with Crippen molar-refractivity contribution in [2.24, 2.45) is 23.7 Å². The number of amides is 3. The lowest BCUT2D eigenvalue weighted by molar-refractivity contribution is -0.140. The summed E-state index contributed by atoms with van der Waals surface area (Å²) < 4.78 is 0. The molecular formula is C25H35N3O4. The molecule has 32 heavy (non-hydrogen) atoms. The molecule has 1 heterocycles. The van der Waals surface area contributed by atoms with Gasteiger partial charge in [0.25, 0.3) is 0 Å². The average Bonchev–Trinajstić information content (AvgIpc) is 3.05. The van der Waals surface area contributed by atoms with Crippen molar-refractivity contribution in [3.63, 3.8) is 0 Å². The van der Waals surface area contributed by atoms with E-state index in [-0.39, 0.29) is 36.2 Å². The molecule has 174 valence electrons. The summed E-state index contributed by atoms with van der Waals surface area (Å²) in [4.78, 5) is 41.4. The molecule has 0 spiro atoms. The quantitative estimate of drug-likeness (QED) is 0.426. The number of hydrogen-bond acceptors (Lipinski definition) is 4. The monoisotopic (exact) mass is 441 g/mol. The highest BCUT2D eigenvalue weighted by Crippen LogP contribution is 2.44. The fourth-order valence-corrected chi connectivity index (χ4v) is 5.05. The zero-order valence-electron chi connectivity index (χ0n) is 19.4. The van der Waals surface area contributed by atoms with E-state index in [1.807, 2.05) is 51.1 Å². The molecule has 7 nitrogen and oxygen atoms in total. The van der Waals surface area contributed by atoms with Gasteiger partial charge in [-0.25, -0.2) is 0 Å². The Kier molecular flexibility index (Phi) is 7.72. The highest BCUT2D eigenvalue weighted by atomic mass is 16.3. The van der Waals surface area contributed by atoms with Crippen LogP contribution < -0.4 is 10.6 Å². The summed E-state index contributed by atoms with van der Waals surface area (Å²) >= 11 is 0. The van der Waals surface area contributed by atoms with E-state index in [2.05, 4.69) is 10.6 Å². The number of nitrogens with one attached hydrogen (secondary N) is 2. The van der Waals surface area contributed by atoms with Crippen LogP contribution in [0.2, 0.25) is 0 Å². The Hall–Kier alpha value is -2.67. The second kappa shape index (κ2) is 10.3. The summed E-state index contributed by atoms with van der Waals surface area (Å²) in [5.41, 5.74) is 2.73. The number of aliphatic hydroxyl groups excluding tert-OH is 1. The van der Waals surface area contributed by atoms with E-state index in [1.165, 1.54) is 0 Å². The standard InChI is InChI=1S/C25H35N3O4/c1-15-8-9-16(2)19(14-15)27-24(31)22-18-11-10-17(3)20(23(30)26-4)21(18)25(32)28(22)12-6-5-7-13-29/h8-11,14,17-18,20-22,29H,5-7,12-13H2,1-4H3,(H,26,30)(H,27,31)/t17-,18+,20-,21+,22+/m1/s1. The molecule has 3 amide bonds. The number of likely N-dealkylation sites (tertiary alicyclic amines) is 1. The van der Waals surface area contributed by atoms with Gasteiger partial charge in [0, 0.05) is 31.8 Å². The average molecular weight is 442 g/mol. The van der Waals surface area contributed by atoms with Gasteiger partial charge in [-0.3, -0.25) is 14.4 Å². The van der Waals surface area contributed by atoms with Crippen LogP contribution in [0, 0.1) is 37.5 Å². The number of allylic oxidation sites excluding steroid dienone is 1. The lowest BCUT2D eigenvalue weighted by Gasteiger charge is -2.32. The summed E-state index contributed by atoms with van der Waals surface area (Å²) in [6, 6.07) is 5.22. The van der Waals surface area contributed by atoms with E-state index in [0.717, 1.165) is 23.2 Å². The van der Waals surface area contributed by atoms with Crippen LogP contribution in [0.25, 0.3) is 0 Å². The summed E-state index contributed by atoms with van der Waals surface area (Å²) in [6.07, 6.45) is 6.04. The Labute approximate surface area is 190 Å². The van der Waals surface area contributed by atoms with Crippen LogP contribution in [0.4, 0.5) is 5.69 Å². The van der Waals surface area contributed by atoms with Crippen LogP contribution >= 0.6 is 0 Å². The van der Waals surface area contributed by atoms with E-state index in [0.29, 0.717) is 19.4 Å². The Bertz CT molecular complexity index is 897. The Morgan fingerprint density at radius 2 is 1.84 bits per heavy atom. The molecular weight excluding hydrogens is 406 g/mol. The van der Waals surface area contributed by atoms with E-state index in [4.69, 9.17) is 5.11 Å². The molecule has 7 heteroatoms. The van der Waals surface area contributed by atoms with Crippen LogP contribution in [-0.4, -0.2) is 54.0 Å². The van der Waals surface area contributed by atoms with Crippen LogP contribution in [0.5, 0.6) is 0 Å². The maximum absolute atomic E-state index is 13.6. The van der Waals surface area contributed by atoms with Gasteiger partial charge < -0.3 is 20.6 Å². The number of nitrogens with zero attached hydrogens (tertiary/aromatic N) is 1. The number of aliphatic hydroxyl groups is 1. The van der Waals surface area contributed by atoms with E-state index in [1.54, 1.807) is 11.9 Å². The molecule has 0 radical (unpaired) electrons. The number of anilines is 1. The van der Waals surface area contributed by atoms with Crippen molar-refractivity contribution in [2.45, 2.75) is 46.1 Å². The smallest absolute Gasteiger partial charge is 0.247 e. The van der Waals surface area contributed by atoms with Crippen molar-refractivity contribution in [1.29, 1.82) is 0 Å². The second-order valence-corrected chi connectivity index (χ2v) is 9.06. The number of carbonyl (C=O) groups excluding carboxylic acids is 3. The fourth-order valence-electron chi connectivity index (χ4n) is 5.05. The van der Waals surface area contributed by atoms with E-state index >= 15 is 0 Å². The van der Waals surface area contributed by atoms with Crippen LogP contribution in [0.3, 0.4) is 0 Å². The Morgan fingerprint density at radius 1 is 1.09 bits per heavy atom. The van der Waals surface area contributed by atoms with Gasteiger partial charge >= 0.3 is 0 Å². The number of fused-ring (bicyclic) bond motifs is 1. The first-order valence-electron chi connectivity index (χ1n) is 11.5. The summed E-state index contributed by atoms with van der Waals surface area (Å²) in [5.74, 6) is -2.02. The molecule has 2 aliphatic rings. The van der Waals surface area contributed by atoms with Gasteiger partial charge in [-0.2, -0.15) is 0 Å². The van der Waals surface area contributed by atoms with Crippen molar-refractivity contribution in [3.8, 4) is 0 Å². The predicted octanol–water partition coefficient (Wildman–Crippen LogP) is 2.42. The summed E-state index contributed by atoms with van der Waals surface area (Å²) in [6.45, 7) is 6.38. The summed E-state index contributed by atoms with van der Waals surface area (Å²) in [7, 11) is 1.58. The largest absolute Gasteiger partial charge is 0.396 e. The molecule has 1 aromatic carbocycles. The molecule has 1 aliphatic carbocycles. The molecule has 1 aliphatic heterocycles. The van der Waals surface area contributed by atoms with Crippen molar-refractivity contribution >= 4 is 23.4 Å². The zero-order valence-corrected chi connectivity index (χ0v) is 19.4. The minimum atomic E-state index is -0.669. The Balaban J connectivity index is 1.93. The lowest BCUT2D eigenvalue weighted by atomic mass is 9.70. The first kappa shape index (κ1) is 24.0. The number of rotatable bonds is 8. The number of aryl methyl sites for hydroxylation is 2. The topological polar surface area (TPSA) is 98.7 Å². The molecule has 0 aromatic heterocycles. The first-order chi connectivity index (χ1) is 15.3. The zero-order chi connectivity index (χ0) is 23.4. The lowest BCUT2D eigenvalue weighted by Crippen LogP contribution is -2.45. The van der Waals surface area contributed by atoms with Crippen molar-refractivity contribution < 1.29 is 19.5 Å². The van der Waals surface area contributed by atoms with Gasteiger partial charge in [0.1, 0.15) is 6.04 Å². The molecule has 3 rings (SSSR count). The molecule has 5 atom stereocenters. The highest BCUT2D eigenvalue weighted by Gasteiger charge is 2.56. The normalized spacial score (nSPS) is 26.7. The molecule has 0 unspecified atom stereocenters. The van der Waals surface area contributed by atoms with E-state index < -0.39 is 17.9 Å². The second-order valence-electron chi connectivity index (χ2n) is 9.06. The number of carbonyl (C=O) groups is 3. The van der Waals surface area contributed by atoms with Gasteiger partial charge in [-0.15, -0.1) is 0 Å². The number of unbranched alkanes of at least 4 members (excludes halogenated alkanes) is 2. The van der Waals surface area contributed by atoms with Crippen LogP contribution in [0.1, 0.15) is 37.3 Å². The van der Waals surface area contributed by atoms with Gasteiger partial charge in [0.2, 0.25) is 17.7 Å². The van der Waals surface area contributed by atoms with E-state index in [9.17, 15) is 14.4 Å². The van der Waals surface area contributed by atoms with Crippen molar-refractivity contribution in [3.05, 3.63) is 41.5 Å². The molecule has 1 saturated heterocycles. The highest BCUT2D eigenvalue weighted by molar-refractivity contribution is 6.02. The first-order valence-corrected chi connectivity index (χ1v) is 11.5. The third kappa shape index (κ3) is 4.72. The van der Waals surface area contributed by atoms with Crippen molar-refractivity contribution in [2.75, 3.05) is 25.5 Å². The molecule has 1 fully saturated rings. The summed E-state index contributed by atoms with van der Waals surface area (Å²) in [5, 5.41) is 14.8. The molecule has 0 bridgehead atoms. The third-order valence-corrected chi connectivity index (χ3v) is 6.80. The number of benzene rings is 1. The van der Waals surface area contributed by atoms with Crippen LogP contribution in [0.15, 0.2) is 30.4 Å². The van der Waals surface area contributed by atoms with Crippen LogP contribution in [-0.2, 0) is 14.4 Å². The minimum absolute atomic E-state index is 0.0859. The molecule has 0 saturated carbocycles. The number of hydrogen-bond donors (Lipinski definition) is 3. The van der Waals surface area contributed by atoms with Gasteiger partial charge in [-0.1, -0.05) is 31.2 Å². The third-order valence-electron chi connectivity index (χ3n) is 6.80. The Morgan fingerprint density at radius 3 is 2.53 bits per heavy atom.